The molecule has 0 spiro atoms. The smallest absolute Gasteiger partial charge is 0.387 e. The van der Waals surface area contributed by atoms with Crippen molar-refractivity contribution in [1.82, 2.24) is 14.8 Å². The van der Waals surface area contributed by atoms with E-state index in [4.69, 9.17) is 4.42 Å². The summed E-state index contributed by atoms with van der Waals surface area (Å²) in [5, 5.41) is 7.52. The first-order chi connectivity index (χ1) is 14.4. The summed E-state index contributed by atoms with van der Waals surface area (Å²) in [6.45, 7) is 0.891. The number of nitrogens with one attached hydrogen (secondary N) is 1. The lowest BCUT2D eigenvalue weighted by Gasteiger charge is -2.13. The first kappa shape index (κ1) is 19.6. The average Bonchev–Trinajstić information content (AvgIpc) is 3.38. The number of furan rings is 1. The van der Waals surface area contributed by atoms with E-state index in [1.54, 1.807) is 41.2 Å². The molecule has 30 heavy (non-hydrogen) atoms. The lowest BCUT2D eigenvalue weighted by Crippen LogP contribution is -2.15. The fourth-order valence-corrected chi connectivity index (χ4v) is 3.09. The van der Waals surface area contributed by atoms with Crippen molar-refractivity contribution in [2.24, 2.45) is 0 Å². The summed E-state index contributed by atoms with van der Waals surface area (Å²) < 4.78 is 37.0. The maximum Gasteiger partial charge on any atom is 0.387 e. The Morgan fingerprint density at radius 1 is 1.20 bits per heavy atom. The summed E-state index contributed by atoms with van der Waals surface area (Å²) in [5.74, 6) is -0.150. The van der Waals surface area contributed by atoms with Gasteiger partial charge in [-0.25, -0.2) is 9.67 Å². The molecule has 0 radical (unpaired) electrons. The van der Waals surface area contributed by atoms with Gasteiger partial charge in [-0.2, -0.15) is 13.9 Å². The largest absolute Gasteiger partial charge is 0.463 e. The van der Waals surface area contributed by atoms with Crippen LogP contribution in [0.3, 0.4) is 0 Å². The predicted molar refractivity (Wildman–Crippen MR) is 107 cm³/mol. The van der Waals surface area contributed by atoms with Crippen molar-refractivity contribution in [2.45, 2.75) is 26.5 Å². The number of hydrogen-bond acceptors (Lipinski definition) is 5. The lowest BCUT2D eigenvalue weighted by molar-refractivity contribution is -0.0493. The molecule has 3 heterocycles. The van der Waals surface area contributed by atoms with Crippen LogP contribution >= 0.6 is 0 Å². The van der Waals surface area contributed by atoms with E-state index in [1.165, 1.54) is 18.4 Å². The molecule has 154 valence electrons. The third-order valence-electron chi connectivity index (χ3n) is 4.43. The summed E-state index contributed by atoms with van der Waals surface area (Å²) in [6, 6.07) is 11.0. The minimum Gasteiger partial charge on any atom is -0.463 e. The molecule has 0 saturated heterocycles. The Morgan fingerprint density at radius 2 is 2.00 bits per heavy atom. The monoisotopic (exact) mass is 412 g/mol. The average molecular weight is 412 g/mol. The maximum absolute atomic E-state index is 13.1. The van der Waals surface area contributed by atoms with Crippen molar-refractivity contribution >= 4 is 22.6 Å². The van der Waals surface area contributed by atoms with E-state index in [9.17, 15) is 13.6 Å². The molecule has 9 heteroatoms. The number of fused-ring (bicyclic) bond motifs is 1. The first-order valence-corrected chi connectivity index (χ1v) is 9.21. The Morgan fingerprint density at radius 3 is 2.70 bits per heavy atom. The molecule has 0 aliphatic heterocycles. The Hall–Kier alpha value is -3.75. The lowest BCUT2D eigenvalue weighted by atomic mass is 10.1. The van der Waals surface area contributed by atoms with Crippen LogP contribution < -0.4 is 10.1 Å². The molecule has 4 rings (SSSR count). The fourth-order valence-electron chi connectivity index (χ4n) is 3.09. The molecule has 0 saturated carbocycles. The van der Waals surface area contributed by atoms with Gasteiger partial charge < -0.3 is 14.5 Å². The van der Waals surface area contributed by atoms with Gasteiger partial charge in [0, 0.05) is 6.04 Å². The number of rotatable bonds is 6. The Bertz CT molecular complexity index is 1190. The van der Waals surface area contributed by atoms with Crippen LogP contribution in [0.5, 0.6) is 5.75 Å². The number of nitrogens with zero attached hydrogens (tertiary/aromatic N) is 3. The Labute approximate surface area is 170 Å². The highest BCUT2D eigenvalue weighted by Crippen LogP contribution is 2.29. The van der Waals surface area contributed by atoms with Gasteiger partial charge in [0.05, 0.1) is 29.1 Å². The second-order valence-corrected chi connectivity index (χ2v) is 6.78. The molecule has 3 aromatic heterocycles. The van der Waals surface area contributed by atoms with Crippen LogP contribution in [0.25, 0.3) is 22.5 Å². The molecule has 0 atom stereocenters. The summed E-state index contributed by atoms with van der Waals surface area (Å²) in [6.07, 6.45) is 3.07. The normalized spacial score (nSPS) is 11.4. The molecular formula is C21H18F2N4O3. The van der Waals surface area contributed by atoms with Crippen molar-refractivity contribution in [3.05, 3.63) is 60.5 Å². The van der Waals surface area contributed by atoms with Crippen molar-refractivity contribution in [1.29, 1.82) is 0 Å². The second-order valence-electron chi connectivity index (χ2n) is 6.78. The highest BCUT2D eigenvalue weighted by atomic mass is 19.3. The number of carbonyl (C=O) groups is 1. The van der Waals surface area contributed by atoms with Gasteiger partial charge >= 0.3 is 6.61 Å². The van der Waals surface area contributed by atoms with E-state index in [0.717, 1.165) is 0 Å². The fraction of sp³-hybridized carbons (Fsp3) is 0.190. The molecule has 7 nitrogen and oxygen atoms in total. The van der Waals surface area contributed by atoms with Crippen molar-refractivity contribution in [3.8, 4) is 17.2 Å². The standard InChI is InChI=1S/C21H18F2N4O3/c1-12(2)27-19-14(11-24-27)13(10-16(25-19)17-8-5-9-29-17)20(28)26-15-6-3-4-7-18(15)30-21(22)23/h3-12,21H,1-2H3,(H,26,28). The molecule has 1 amide bonds. The number of carbonyl (C=O) groups excluding carboxylic acids is 1. The van der Waals surface area contributed by atoms with Crippen molar-refractivity contribution in [2.75, 3.05) is 5.32 Å². The van der Waals surface area contributed by atoms with Gasteiger partial charge in [0.2, 0.25) is 0 Å². The number of para-hydroxylation sites is 2. The highest BCUT2D eigenvalue weighted by Gasteiger charge is 2.20. The molecular weight excluding hydrogens is 394 g/mol. The predicted octanol–water partition coefficient (Wildman–Crippen LogP) is 5.13. The number of hydrogen-bond donors (Lipinski definition) is 1. The van der Waals surface area contributed by atoms with E-state index in [0.29, 0.717) is 22.5 Å². The van der Waals surface area contributed by atoms with E-state index in [2.05, 4.69) is 20.1 Å². The highest BCUT2D eigenvalue weighted by molar-refractivity contribution is 6.13. The van der Waals surface area contributed by atoms with Crippen LogP contribution in [-0.4, -0.2) is 27.3 Å². The molecule has 1 N–H and O–H groups in total. The minimum absolute atomic E-state index is 0.0120. The number of alkyl halides is 2. The van der Waals surface area contributed by atoms with Gasteiger partial charge in [0.25, 0.3) is 5.91 Å². The maximum atomic E-state index is 13.1. The number of benzene rings is 1. The van der Waals surface area contributed by atoms with Crippen LogP contribution in [0.15, 0.2) is 59.3 Å². The van der Waals surface area contributed by atoms with Crippen molar-refractivity contribution in [3.63, 3.8) is 0 Å². The molecule has 1 aromatic carbocycles. The van der Waals surface area contributed by atoms with Gasteiger partial charge in [-0.15, -0.1) is 0 Å². The summed E-state index contributed by atoms with van der Waals surface area (Å²) >= 11 is 0. The van der Waals surface area contributed by atoms with Gasteiger partial charge in [-0.3, -0.25) is 4.79 Å². The number of aromatic nitrogens is 3. The number of ether oxygens (including phenoxy) is 1. The van der Waals surface area contributed by atoms with E-state index in [1.807, 2.05) is 13.8 Å². The zero-order valence-electron chi connectivity index (χ0n) is 16.2. The SMILES string of the molecule is CC(C)n1ncc2c(C(=O)Nc3ccccc3OC(F)F)cc(-c3ccco3)nc21. The van der Waals surface area contributed by atoms with E-state index in [-0.39, 0.29) is 23.0 Å². The summed E-state index contributed by atoms with van der Waals surface area (Å²) in [7, 11) is 0. The zero-order valence-corrected chi connectivity index (χ0v) is 16.2. The third kappa shape index (κ3) is 3.73. The topological polar surface area (TPSA) is 82.2 Å². The van der Waals surface area contributed by atoms with Crippen LogP contribution in [0, 0.1) is 0 Å². The van der Waals surface area contributed by atoms with Crippen LogP contribution in [-0.2, 0) is 0 Å². The first-order valence-electron chi connectivity index (χ1n) is 9.21. The number of halogens is 2. The van der Waals surface area contributed by atoms with Crippen molar-refractivity contribution < 1.29 is 22.7 Å². The van der Waals surface area contributed by atoms with E-state index < -0.39 is 12.5 Å². The number of anilines is 1. The number of pyridine rings is 1. The molecule has 0 unspecified atom stereocenters. The zero-order chi connectivity index (χ0) is 21.3. The summed E-state index contributed by atoms with van der Waals surface area (Å²) in [5.41, 5.74) is 1.38. The molecule has 0 fully saturated rings. The van der Waals surface area contributed by atoms with Crippen LogP contribution in [0.1, 0.15) is 30.2 Å². The van der Waals surface area contributed by atoms with Gasteiger partial charge in [-0.05, 0) is 44.2 Å². The Kier molecular flexibility index (Phi) is 5.18. The molecule has 4 aromatic rings. The molecule has 0 aliphatic carbocycles. The third-order valence-corrected chi connectivity index (χ3v) is 4.43. The van der Waals surface area contributed by atoms with E-state index >= 15 is 0 Å². The van der Waals surface area contributed by atoms with Gasteiger partial charge in [-0.1, -0.05) is 12.1 Å². The van der Waals surface area contributed by atoms with Crippen LogP contribution in [0.2, 0.25) is 0 Å². The second kappa shape index (κ2) is 7.94. The molecule has 0 bridgehead atoms. The molecule has 0 aliphatic rings. The van der Waals surface area contributed by atoms with Gasteiger partial charge in [0.15, 0.2) is 11.4 Å². The number of amides is 1. The quantitative estimate of drug-likeness (QED) is 0.475. The Balaban J connectivity index is 1.79. The summed E-state index contributed by atoms with van der Waals surface area (Å²) in [4.78, 5) is 17.7. The van der Waals surface area contributed by atoms with Crippen LogP contribution in [0.4, 0.5) is 14.5 Å². The van der Waals surface area contributed by atoms with Gasteiger partial charge in [0.1, 0.15) is 11.4 Å². The minimum atomic E-state index is -3.01.